The van der Waals surface area contributed by atoms with Crippen LogP contribution in [-0.2, 0) is 23.2 Å². The van der Waals surface area contributed by atoms with Gasteiger partial charge in [0.25, 0.3) is 5.91 Å². The highest BCUT2D eigenvalue weighted by Crippen LogP contribution is 2.35. The second kappa shape index (κ2) is 12.1. The van der Waals surface area contributed by atoms with E-state index in [1.165, 1.54) is 36.1 Å². The van der Waals surface area contributed by atoms with E-state index in [1.54, 1.807) is 19.9 Å². The smallest absolute Gasteiger partial charge is 0.347 e. The predicted molar refractivity (Wildman–Crippen MR) is 177 cm³/mol. The Kier molecular flexibility index (Phi) is 8.66. The summed E-state index contributed by atoms with van der Waals surface area (Å²) in [7, 11) is 0. The van der Waals surface area contributed by atoms with Crippen LogP contribution in [0.25, 0.3) is 10.9 Å². The van der Waals surface area contributed by atoms with Gasteiger partial charge in [0.15, 0.2) is 5.60 Å². The molecule has 3 aromatic carbocycles. The SMILES string of the molecule is Cc1c(Cc2cccc(OC(C)(C)C(=O)O)c2)c2ccc(C(=O)N[C@@H](C)c3ccc(C(C)(C)C)cc3)cc2n1CC1CCC1. The van der Waals surface area contributed by atoms with Crippen LogP contribution in [-0.4, -0.2) is 27.2 Å². The summed E-state index contributed by atoms with van der Waals surface area (Å²) < 4.78 is 8.21. The van der Waals surface area contributed by atoms with Gasteiger partial charge in [0.05, 0.1) is 6.04 Å². The van der Waals surface area contributed by atoms with Crippen LogP contribution >= 0.6 is 0 Å². The lowest BCUT2D eigenvalue weighted by Gasteiger charge is -2.27. The minimum atomic E-state index is -1.32. The van der Waals surface area contributed by atoms with Gasteiger partial charge in [-0.2, -0.15) is 0 Å². The predicted octanol–water partition coefficient (Wildman–Crippen LogP) is 8.37. The zero-order chi connectivity index (χ0) is 31.8. The molecule has 1 atom stereocenters. The van der Waals surface area contributed by atoms with E-state index >= 15 is 0 Å². The maximum atomic E-state index is 13.5. The molecule has 1 aliphatic rings. The van der Waals surface area contributed by atoms with Crippen LogP contribution in [0.5, 0.6) is 5.75 Å². The fourth-order valence-electron chi connectivity index (χ4n) is 5.98. The van der Waals surface area contributed by atoms with Gasteiger partial charge in [0.2, 0.25) is 0 Å². The Balaban J connectivity index is 1.42. The van der Waals surface area contributed by atoms with Gasteiger partial charge < -0.3 is 19.7 Å². The topological polar surface area (TPSA) is 80.6 Å². The highest BCUT2D eigenvalue weighted by molar-refractivity contribution is 5.99. The lowest BCUT2D eigenvalue weighted by atomic mass is 9.85. The quantitative estimate of drug-likeness (QED) is 0.193. The van der Waals surface area contributed by atoms with Crippen molar-refractivity contribution >= 4 is 22.8 Å². The summed E-state index contributed by atoms with van der Waals surface area (Å²) in [4.78, 5) is 25.1. The molecule has 0 bridgehead atoms. The molecule has 1 aliphatic carbocycles. The van der Waals surface area contributed by atoms with Gasteiger partial charge >= 0.3 is 5.97 Å². The first-order valence-corrected chi connectivity index (χ1v) is 15.8. The summed E-state index contributed by atoms with van der Waals surface area (Å²) in [5.74, 6) is 0.0962. The molecule has 0 saturated heterocycles. The number of hydrogen-bond acceptors (Lipinski definition) is 3. The van der Waals surface area contributed by atoms with Gasteiger partial charge in [-0.25, -0.2) is 4.79 Å². The Labute approximate surface area is 261 Å². The van der Waals surface area contributed by atoms with Crippen LogP contribution in [0.15, 0.2) is 66.7 Å². The van der Waals surface area contributed by atoms with Crippen molar-refractivity contribution in [3.8, 4) is 5.75 Å². The van der Waals surface area contributed by atoms with Gasteiger partial charge in [-0.05, 0) is 105 Å². The average molecular weight is 595 g/mol. The third-order valence-corrected chi connectivity index (χ3v) is 9.17. The number of amides is 1. The third kappa shape index (κ3) is 6.69. The number of benzene rings is 3. The number of carbonyl (C=O) groups excluding carboxylic acids is 1. The average Bonchev–Trinajstić information content (AvgIpc) is 3.19. The summed E-state index contributed by atoms with van der Waals surface area (Å²) in [5, 5.41) is 13.9. The summed E-state index contributed by atoms with van der Waals surface area (Å²) in [6, 6.07) is 22.1. The molecule has 0 unspecified atom stereocenters. The Hall–Kier alpha value is -4.06. The number of nitrogens with one attached hydrogen (secondary N) is 1. The molecule has 232 valence electrons. The number of nitrogens with zero attached hydrogens (tertiary/aromatic N) is 1. The van der Waals surface area contributed by atoms with Crippen LogP contribution in [0.3, 0.4) is 0 Å². The number of fused-ring (bicyclic) bond motifs is 1. The molecule has 1 aromatic heterocycles. The van der Waals surface area contributed by atoms with Crippen LogP contribution in [0.1, 0.15) is 105 Å². The fraction of sp³-hybridized carbons (Fsp3) is 0.421. The van der Waals surface area contributed by atoms with Crippen LogP contribution < -0.4 is 10.1 Å². The van der Waals surface area contributed by atoms with Crippen molar-refractivity contribution in [3.63, 3.8) is 0 Å². The van der Waals surface area contributed by atoms with Crippen LogP contribution in [0, 0.1) is 12.8 Å². The Morgan fingerprint density at radius 3 is 2.32 bits per heavy atom. The second-order valence-corrected chi connectivity index (χ2v) is 14.0. The zero-order valence-corrected chi connectivity index (χ0v) is 27.2. The van der Waals surface area contributed by atoms with E-state index in [0.29, 0.717) is 23.7 Å². The van der Waals surface area contributed by atoms with Gasteiger partial charge in [-0.1, -0.05) is 69.7 Å². The van der Waals surface area contributed by atoms with Crippen molar-refractivity contribution < 1.29 is 19.4 Å². The van der Waals surface area contributed by atoms with Crippen molar-refractivity contribution in [3.05, 3.63) is 100 Å². The number of carbonyl (C=O) groups is 2. The number of carboxylic acid groups (broad SMARTS) is 1. The van der Waals surface area contributed by atoms with Crippen LogP contribution in [0.2, 0.25) is 0 Å². The van der Waals surface area contributed by atoms with Crippen molar-refractivity contribution in [2.45, 2.75) is 97.8 Å². The lowest BCUT2D eigenvalue weighted by Crippen LogP contribution is -2.37. The fourth-order valence-corrected chi connectivity index (χ4v) is 5.98. The number of ether oxygens (including phenoxy) is 1. The number of hydrogen-bond donors (Lipinski definition) is 2. The number of rotatable bonds is 10. The van der Waals surface area contributed by atoms with Gasteiger partial charge in [0, 0.05) is 28.7 Å². The van der Waals surface area contributed by atoms with E-state index in [2.05, 4.69) is 67.9 Å². The summed E-state index contributed by atoms with van der Waals surface area (Å²) in [5.41, 5.74) is 6.31. The second-order valence-electron chi connectivity index (χ2n) is 14.0. The van der Waals surface area contributed by atoms with Gasteiger partial charge in [0.1, 0.15) is 5.75 Å². The molecule has 0 spiro atoms. The van der Waals surface area contributed by atoms with Gasteiger partial charge in [-0.15, -0.1) is 0 Å². The Morgan fingerprint density at radius 1 is 1.00 bits per heavy atom. The van der Waals surface area contributed by atoms with E-state index in [1.807, 2.05) is 37.3 Å². The molecule has 2 N–H and O–H groups in total. The minimum absolute atomic E-state index is 0.0826. The highest BCUT2D eigenvalue weighted by Gasteiger charge is 2.29. The summed E-state index contributed by atoms with van der Waals surface area (Å²) in [6.45, 7) is 14.9. The molecule has 6 nitrogen and oxygen atoms in total. The maximum absolute atomic E-state index is 13.5. The molecule has 1 heterocycles. The number of carboxylic acids is 1. The molecule has 1 fully saturated rings. The first-order valence-electron chi connectivity index (χ1n) is 15.8. The summed E-state index contributed by atoms with van der Waals surface area (Å²) in [6.07, 6.45) is 4.42. The molecule has 1 saturated carbocycles. The highest BCUT2D eigenvalue weighted by atomic mass is 16.5. The van der Waals surface area contributed by atoms with Crippen LogP contribution in [0.4, 0.5) is 0 Å². The normalized spacial score (nSPS) is 14.7. The first-order chi connectivity index (χ1) is 20.7. The first kappa shape index (κ1) is 31.4. The molecule has 6 heteroatoms. The monoisotopic (exact) mass is 594 g/mol. The molecule has 1 amide bonds. The molecule has 5 rings (SSSR count). The largest absolute Gasteiger partial charge is 0.478 e. The van der Waals surface area contributed by atoms with E-state index in [4.69, 9.17) is 4.74 Å². The van der Waals surface area contributed by atoms with E-state index in [0.717, 1.165) is 28.6 Å². The zero-order valence-electron chi connectivity index (χ0n) is 27.2. The van der Waals surface area contributed by atoms with Crippen molar-refractivity contribution in [1.82, 2.24) is 9.88 Å². The van der Waals surface area contributed by atoms with Crippen molar-refractivity contribution in [1.29, 1.82) is 0 Å². The van der Waals surface area contributed by atoms with Crippen molar-refractivity contribution in [2.24, 2.45) is 5.92 Å². The van der Waals surface area contributed by atoms with E-state index in [9.17, 15) is 14.7 Å². The molecule has 4 aromatic rings. The summed E-state index contributed by atoms with van der Waals surface area (Å²) >= 11 is 0. The molecular weight excluding hydrogens is 548 g/mol. The molecule has 0 aliphatic heterocycles. The van der Waals surface area contributed by atoms with E-state index < -0.39 is 11.6 Å². The Bertz CT molecular complexity index is 1670. The number of aliphatic carboxylic acids is 1. The molecule has 0 radical (unpaired) electrons. The Morgan fingerprint density at radius 2 is 1.70 bits per heavy atom. The van der Waals surface area contributed by atoms with Crippen molar-refractivity contribution in [2.75, 3.05) is 0 Å². The van der Waals surface area contributed by atoms with E-state index in [-0.39, 0.29) is 17.4 Å². The molecular formula is C38H46N2O4. The minimum Gasteiger partial charge on any atom is -0.478 e. The number of aromatic nitrogens is 1. The standard InChI is InChI=1S/C38H46N2O4/c1-24(28-14-17-30(18-15-28)37(3,4)5)39-35(41)29-16-19-32-33(25(2)40(34(32)22-29)23-26-10-8-11-26)21-27-12-9-13-31(20-27)44-38(6,7)36(42)43/h9,12-20,22,24,26H,8,10-11,21,23H2,1-7H3,(H,39,41)(H,42,43)/t24-/m0/s1. The molecule has 44 heavy (non-hydrogen) atoms. The third-order valence-electron chi connectivity index (χ3n) is 9.17. The van der Waals surface area contributed by atoms with Gasteiger partial charge in [-0.3, -0.25) is 4.79 Å². The maximum Gasteiger partial charge on any atom is 0.347 e. The lowest BCUT2D eigenvalue weighted by molar-refractivity contribution is -0.152.